The second-order valence-corrected chi connectivity index (χ2v) is 6.65. The maximum atomic E-state index is 13.6. The molecular weight excluding hydrogens is 276 g/mol. The first-order chi connectivity index (χ1) is 8.84. The van der Waals surface area contributed by atoms with E-state index in [1.807, 2.05) is 6.92 Å². The molecule has 1 N–H and O–H groups in total. The fourth-order valence-corrected chi connectivity index (χ4v) is 3.61. The van der Waals surface area contributed by atoms with Crippen molar-refractivity contribution in [1.82, 2.24) is 4.31 Å². The normalized spacial score (nSPS) is 25.5. The number of rotatable bonds is 2. The number of nitrogens with zero attached hydrogens (tertiary/aromatic N) is 1. The Balaban J connectivity index is 2.35. The molecule has 106 valence electrons. The van der Waals surface area contributed by atoms with Crippen LogP contribution in [0.5, 0.6) is 0 Å². The number of hydrogen-bond acceptors (Lipinski definition) is 3. The molecule has 0 saturated carbocycles. The number of sulfonamides is 1. The number of piperidine rings is 1. The van der Waals surface area contributed by atoms with Crippen LogP contribution in [0.15, 0.2) is 23.1 Å². The van der Waals surface area contributed by atoms with Crippen LogP contribution >= 0.6 is 0 Å². The van der Waals surface area contributed by atoms with Gasteiger partial charge in [0, 0.05) is 13.1 Å². The topological polar surface area (TPSA) is 57.6 Å². The number of hydrogen-bond donors (Lipinski definition) is 1. The van der Waals surface area contributed by atoms with Crippen LogP contribution in [0.3, 0.4) is 0 Å². The fourth-order valence-electron chi connectivity index (χ4n) is 2.06. The van der Waals surface area contributed by atoms with Crippen molar-refractivity contribution in [3.63, 3.8) is 0 Å². The average Bonchev–Trinajstić information content (AvgIpc) is 2.35. The Bertz CT molecular complexity index is 576. The SMILES string of the molecule is CC1CCN(S(=O)(=O)c2cccc(F)c2F)CC1O. The molecule has 1 aromatic carbocycles. The molecule has 2 atom stereocenters. The monoisotopic (exact) mass is 291 g/mol. The molecule has 1 heterocycles. The van der Waals surface area contributed by atoms with E-state index in [0.717, 1.165) is 22.5 Å². The van der Waals surface area contributed by atoms with Gasteiger partial charge in [0.15, 0.2) is 11.6 Å². The lowest BCUT2D eigenvalue weighted by Crippen LogP contribution is -2.45. The molecule has 1 aliphatic rings. The summed E-state index contributed by atoms with van der Waals surface area (Å²) in [6.45, 7) is 1.91. The van der Waals surface area contributed by atoms with Crippen LogP contribution in [0, 0.1) is 17.6 Å². The van der Waals surface area contributed by atoms with E-state index in [9.17, 15) is 22.3 Å². The summed E-state index contributed by atoms with van der Waals surface area (Å²) < 4.78 is 52.1. The molecule has 0 amide bonds. The summed E-state index contributed by atoms with van der Waals surface area (Å²) in [5.41, 5.74) is 0. The summed E-state index contributed by atoms with van der Waals surface area (Å²) >= 11 is 0. The van der Waals surface area contributed by atoms with Crippen molar-refractivity contribution >= 4 is 10.0 Å². The van der Waals surface area contributed by atoms with E-state index in [-0.39, 0.29) is 19.0 Å². The van der Waals surface area contributed by atoms with E-state index in [1.54, 1.807) is 0 Å². The summed E-state index contributed by atoms with van der Waals surface area (Å²) in [5.74, 6) is -2.59. The van der Waals surface area contributed by atoms with Gasteiger partial charge in [-0.15, -0.1) is 0 Å². The first kappa shape index (κ1) is 14.4. The summed E-state index contributed by atoms with van der Waals surface area (Å²) in [6, 6.07) is 3.04. The van der Waals surface area contributed by atoms with Gasteiger partial charge in [-0.1, -0.05) is 13.0 Å². The van der Waals surface area contributed by atoms with Crippen LogP contribution in [-0.4, -0.2) is 37.0 Å². The lowest BCUT2D eigenvalue weighted by Gasteiger charge is -2.33. The summed E-state index contributed by atoms with van der Waals surface area (Å²) in [4.78, 5) is -0.686. The van der Waals surface area contributed by atoms with Crippen LogP contribution in [0.25, 0.3) is 0 Å². The molecule has 1 saturated heterocycles. The zero-order valence-electron chi connectivity index (χ0n) is 10.4. The number of aliphatic hydroxyl groups excluding tert-OH is 1. The number of halogens is 2. The van der Waals surface area contributed by atoms with Gasteiger partial charge in [0.2, 0.25) is 10.0 Å². The van der Waals surface area contributed by atoms with Gasteiger partial charge in [-0.25, -0.2) is 17.2 Å². The molecule has 0 bridgehead atoms. The van der Waals surface area contributed by atoms with Crippen molar-refractivity contribution in [3.05, 3.63) is 29.8 Å². The third-order valence-electron chi connectivity index (χ3n) is 3.42. The molecule has 2 rings (SSSR count). The first-order valence-corrected chi connectivity index (χ1v) is 7.40. The zero-order chi connectivity index (χ0) is 14.2. The molecule has 0 aromatic heterocycles. The number of benzene rings is 1. The maximum absolute atomic E-state index is 13.6. The minimum Gasteiger partial charge on any atom is -0.391 e. The van der Waals surface area contributed by atoms with Crippen molar-refractivity contribution in [2.24, 2.45) is 5.92 Å². The second-order valence-electron chi connectivity index (χ2n) is 4.75. The third-order valence-corrected chi connectivity index (χ3v) is 5.30. The molecule has 0 aliphatic carbocycles. The molecule has 0 spiro atoms. The Kier molecular flexibility index (Phi) is 3.89. The summed E-state index contributed by atoms with van der Waals surface area (Å²) in [6.07, 6.45) is -0.308. The second kappa shape index (κ2) is 5.15. The van der Waals surface area contributed by atoms with Crippen molar-refractivity contribution in [3.8, 4) is 0 Å². The van der Waals surface area contributed by atoms with Gasteiger partial charge in [-0.2, -0.15) is 4.31 Å². The van der Waals surface area contributed by atoms with Gasteiger partial charge < -0.3 is 5.11 Å². The predicted molar refractivity (Wildman–Crippen MR) is 64.9 cm³/mol. The van der Waals surface area contributed by atoms with Crippen molar-refractivity contribution in [2.45, 2.75) is 24.3 Å². The van der Waals surface area contributed by atoms with Gasteiger partial charge in [0.25, 0.3) is 0 Å². The van der Waals surface area contributed by atoms with Crippen molar-refractivity contribution < 1.29 is 22.3 Å². The van der Waals surface area contributed by atoms with Gasteiger partial charge in [0.1, 0.15) is 4.90 Å². The fraction of sp³-hybridized carbons (Fsp3) is 0.500. The molecule has 1 aromatic rings. The molecule has 7 heteroatoms. The lowest BCUT2D eigenvalue weighted by molar-refractivity contribution is 0.0604. The molecule has 4 nitrogen and oxygen atoms in total. The van der Waals surface area contributed by atoms with E-state index in [1.165, 1.54) is 0 Å². The standard InChI is InChI=1S/C12H15F2NO3S/c1-8-5-6-15(7-10(8)16)19(17,18)11-4-2-3-9(13)12(11)14/h2-4,8,10,16H,5-7H2,1H3. The van der Waals surface area contributed by atoms with Gasteiger partial charge in [-0.3, -0.25) is 0 Å². The van der Waals surface area contributed by atoms with Crippen LogP contribution in [0.4, 0.5) is 8.78 Å². The lowest BCUT2D eigenvalue weighted by atomic mass is 9.98. The minimum atomic E-state index is -4.11. The van der Waals surface area contributed by atoms with E-state index < -0.39 is 32.7 Å². The Hall–Kier alpha value is -1.05. The molecule has 1 fully saturated rings. The maximum Gasteiger partial charge on any atom is 0.246 e. The van der Waals surface area contributed by atoms with Crippen LogP contribution < -0.4 is 0 Å². The number of aliphatic hydroxyl groups is 1. The molecular formula is C12H15F2NO3S. The Morgan fingerprint density at radius 1 is 1.37 bits per heavy atom. The van der Waals surface area contributed by atoms with Gasteiger partial charge in [0.05, 0.1) is 6.10 Å². The van der Waals surface area contributed by atoms with Gasteiger partial charge in [-0.05, 0) is 24.5 Å². The highest BCUT2D eigenvalue weighted by Crippen LogP contribution is 2.26. The van der Waals surface area contributed by atoms with E-state index in [4.69, 9.17) is 0 Å². The third kappa shape index (κ3) is 2.63. The molecule has 2 unspecified atom stereocenters. The van der Waals surface area contributed by atoms with Crippen LogP contribution in [0.1, 0.15) is 13.3 Å². The van der Waals surface area contributed by atoms with Crippen LogP contribution in [-0.2, 0) is 10.0 Å². The highest BCUT2D eigenvalue weighted by Gasteiger charge is 2.34. The minimum absolute atomic E-state index is 0.0104. The molecule has 0 radical (unpaired) electrons. The Labute approximate surface area is 110 Å². The highest BCUT2D eigenvalue weighted by molar-refractivity contribution is 7.89. The van der Waals surface area contributed by atoms with E-state index in [2.05, 4.69) is 0 Å². The van der Waals surface area contributed by atoms with Crippen molar-refractivity contribution in [1.29, 1.82) is 0 Å². The molecule has 19 heavy (non-hydrogen) atoms. The largest absolute Gasteiger partial charge is 0.391 e. The Morgan fingerprint density at radius 3 is 2.68 bits per heavy atom. The van der Waals surface area contributed by atoms with E-state index >= 15 is 0 Å². The quantitative estimate of drug-likeness (QED) is 0.895. The zero-order valence-corrected chi connectivity index (χ0v) is 11.2. The predicted octanol–water partition coefficient (Wildman–Crippen LogP) is 1.36. The first-order valence-electron chi connectivity index (χ1n) is 5.96. The summed E-state index contributed by atoms with van der Waals surface area (Å²) in [7, 11) is -4.11. The average molecular weight is 291 g/mol. The smallest absolute Gasteiger partial charge is 0.246 e. The van der Waals surface area contributed by atoms with Crippen LogP contribution in [0.2, 0.25) is 0 Å². The highest BCUT2D eigenvalue weighted by atomic mass is 32.2. The Morgan fingerprint density at radius 2 is 2.05 bits per heavy atom. The van der Waals surface area contributed by atoms with E-state index in [0.29, 0.717) is 6.42 Å². The molecule has 1 aliphatic heterocycles. The van der Waals surface area contributed by atoms with Crippen molar-refractivity contribution in [2.75, 3.05) is 13.1 Å². The summed E-state index contributed by atoms with van der Waals surface area (Å²) in [5, 5.41) is 9.71. The van der Waals surface area contributed by atoms with Gasteiger partial charge >= 0.3 is 0 Å². The number of β-amino-alcohol motifs (C(OH)–C–C–N with tert-alkyl or cyclic N) is 1.